The van der Waals surface area contributed by atoms with E-state index in [9.17, 15) is 9.90 Å². The lowest BCUT2D eigenvalue weighted by Gasteiger charge is -2.23. The molecule has 0 saturated carbocycles. The maximum atomic E-state index is 13.0. The lowest BCUT2D eigenvalue weighted by molar-refractivity contribution is -0.137. The largest absolute Gasteiger partial charge is 0.391 e. The standard InChI is InChI=1S/C17H15NO3/c19-13-10-17(21-11-13)14-8-4-5-9-15(14)18(16(17)20)12-6-2-1-3-7-12/h1-9,13,19H,10-11H2/t13-,17+/m0/s1. The lowest BCUT2D eigenvalue weighted by Crippen LogP contribution is -2.38. The summed E-state index contributed by atoms with van der Waals surface area (Å²) in [6.07, 6.45) is -0.288. The van der Waals surface area contributed by atoms with Crippen LogP contribution in [0.5, 0.6) is 0 Å². The highest BCUT2D eigenvalue weighted by molar-refractivity contribution is 6.12. The SMILES string of the molecule is O=C1N(c2ccccc2)c2ccccc2[C@]12C[C@H](O)CO2. The second kappa shape index (κ2) is 4.41. The zero-order valence-electron chi connectivity index (χ0n) is 11.4. The van der Waals surface area contributed by atoms with Crippen LogP contribution in [0.2, 0.25) is 0 Å². The Morgan fingerprint density at radius 2 is 1.81 bits per heavy atom. The molecule has 2 atom stereocenters. The molecule has 4 nitrogen and oxygen atoms in total. The number of hydrogen-bond acceptors (Lipinski definition) is 3. The van der Waals surface area contributed by atoms with Gasteiger partial charge in [0.25, 0.3) is 5.91 Å². The molecule has 2 aromatic rings. The molecule has 2 heterocycles. The minimum absolute atomic E-state index is 0.119. The Morgan fingerprint density at radius 3 is 2.52 bits per heavy atom. The summed E-state index contributed by atoms with van der Waals surface area (Å²) in [5.41, 5.74) is 1.46. The summed E-state index contributed by atoms with van der Waals surface area (Å²) < 4.78 is 5.76. The van der Waals surface area contributed by atoms with Crippen LogP contribution in [0.25, 0.3) is 0 Å². The molecule has 1 saturated heterocycles. The second-order valence-electron chi connectivity index (χ2n) is 5.49. The quantitative estimate of drug-likeness (QED) is 0.873. The number of anilines is 2. The fraction of sp³-hybridized carbons (Fsp3) is 0.235. The molecule has 0 radical (unpaired) electrons. The Labute approximate surface area is 122 Å². The van der Waals surface area contributed by atoms with Crippen LogP contribution >= 0.6 is 0 Å². The molecule has 0 unspecified atom stereocenters. The van der Waals surface area contributed by atoms with Crippen molar-refractivity contribution in [2.75, 3.05) is 11.5 Å². The van der Waals surface area contributed by atoms with Gasteiger partial charge in [-0.25, -0.2) is 0 Å². The zero-order chi connectivity index (χ0) is 14.4. The van der Waals surface area contributed by atoms with Crippen LogP contribution in [0, 0.1) is 0 Å². The molecular formula is C17H15NO3. The van der Waals surface area contributed by atoms with Crippen molar-refractivity contribution in [2.45, 2.75) is 18.1 Å². The highest BCUT2D eigenvalue weighted by Crippen LogP contribution is 2.50. The third-order valence-electron chi connectivity index (χ3n) is 4.19. The van der Waals surface area contributed by atoms with Gasteiger partial charge in [-0.05, 0) is 18.2 Å². The number of ether oxygens (including phenoxy) is 1. The normalized spacial score (nSPS) is 27.4. The van der Waals surface area contributed by atoms with Crippen LogP contribution in [-0.4, -0.2) is 23.7 Å². The maximum absolute atomic E-state index is 13.0. The van der Waals surface area contributed by atoms with Crippen LogP contribution in [0.1, 0.15) is 12.0 Å². The van der Waals surface area contributed by atoms with E-state index in [0.29, 0.717) is 6.42 Å². The Balaban J connectivity index is 1.90. The Morgan fingerprint density at radius 1 is 1.10 bits per heavy atom. The van der Waals surface area contributed by atoms with Gasteiger partial charge < -0.3 is 9.84 Å². The zero-order valence-corrected chi connectivity index (χ0v) is 11.4. The first-order valence-electron chi connectivity index (χ1n) is 7.03. The minimum atomic E-state index is -1.04. The van der Waals surface area contributed by atoms with Crippen LogP contribution in [-0.2, 0) is 15.1 Å². The summed E-state index contributed by atoms with van der Waals surface area (Å²) in [5.74, 6) is -0.119. The highest BCUT2D eigenvalue weighted by Gasteiger charge is 2.56. The molecular weight excluding hydrogens is 266 g/mol. The molecule has 0 bridgehead atoms. The number of fused-ring (bicyclic) bond motifs is 2. The number of carbonyl (C=O) groups excluding carboxylic acids is 1. The van der Waals surface area contributed by atoms with Gasteiger partial charge in [0.1, 0.15) is 0 Å². The van der Waals surface area contributed by atoms with E-state index in [0.717, 1.165) is 16.9 Å². The predicted octanol–water partition coefficient (Wildman–Crippen LogP) is 2.34. The number of para-hydroxylation sites is 2. The molecule has 2 aromatic carbocycles. The molecule has 21 heavy (non-hydrogen) atoms. The number of hydrogen-bond donors (Lipinski definition) is 1. The van der Waals surface area contributed by atoms with Gasteiger partial charge in [0.2, 0.25) is 0 Å². The van der Waals surface area contributed by atoms with E-state index in [1.165, 1.54) is 0 Å². The van der Waals surface area contributed by atoms with E-state index >= 15 is 0 Å². The van der Waals surface area contributed by atoms with Crippen molar-refractivity contribution in [3.63, 3.8) is 0 Å². The predicted molar refractivity (Wildman–Crippen MR) is 78.3 cm³/mol. The van der Waals surface area contributed by atoms with Gasteiger partial charge in [-0.3, -0.25) is 9.69 Å². The summed E-state index contributed by atoms with van der Waals surface area (Å²) in [6.45, 7) is 0.197. The minimum Gasteiger partial charge on any atom is -0.391 e. The number of nitrogens with zero attached hydrogens (tertiary/aromatic N) is 1. The lowest BCUT2D eigenvalue weighted by atomic mass is 9.91. The molecule has 0 aliphatic carbocycles. The van der Waals surface area contributed by atoms with Crippen molar-refractivity contribution < 1.29 is 14.6 Å². The fourth-order valence-corrected chi connectivity index (χ4v) is 3.27. The van der Waals surface area contributed by atoms with Gasteiger partial charge in [-0.15, -0.1) is 0 Å². The van der Waals surface area contributed by atoms with E-state index in [4.69, 9.17) is 4.74 Å². The molecule has 2 aliphatic rings. The molecule has 1 amide bonds. The number of benzene rings is 2. The Hall–Kier alpha value is -2.17. The van der Waals surface area contributed by atoms with Gasteiger partial charge in [-0.2, -0.15) is 0 Å². The maximum Gasteiger partial charge on any atom is 0.268 e. The molecule has 0 aromatic heterocycles. The second-order valence-corrected chi connectivity index (χ2v) is 5.49. The first-order chi connectivity index (χ1) is 10.2. The summed E-state index contributed by atoms with van der Waals surface area (Å²) in [4.78, 5) is 14.7. The van der Waals surface area contributed by atoms with Crippen LogP contribution < -0.4 is 4.90 Å². The number of aliphatic hydroxyl groups excluding tert-OH is 1. The third kappa shape index (κ3) is 1.66. The molecule has 4 rings (SSSR count). The van der Waals surface area contributed by atoms with Crippen molar-refractivity contribution in [1.82, 2.24) is 0 Å². The molecule has 1 fully saturated rings. The van der Waals surface area contributed by atoms with Crippen molar-refractivity contribution >= 4 is 17.3 Å². The van der Waals surface area contributed by atoms with Crippen molar-refractivity contribution in [1.29, 1.82) is 0 Å². The smallest absolute Gasteiger partial charge is 0.268 e. The molecule has 106 valence electrons. The van der Waals surface area contributed by atoms with Gasteiger partial charge in [0.05, 0.1) is 18.4 Å². The number of aliphatic hydroxyl groups is 1. The van der Waals surface area contributed by atoms with Gasteiger partial charge in [0.15, 0.2) is 5.60 Å². The first-order valence-corrected chi connectivity index (χ1v) is 7.03. The van der Waals surface area contributed by atoms with Crippen molar-refractivity contribution in [2.24, 2.45) is 0 Å². The topological polar surface area (TPSA) is 49.8 Å². The van der Waals surface area contributed by atoms with E-state index < -0.39 is 11.7 Å². The Kier molecular flexibility index (Phi) is 2.64. The average Bonchev–Trinajstić information content (AvgIpc) is 3.02. The first kappa shape index (κ1) is 12.6. The van der Waals surface area contributed by atoms with Gasteiger partial charge >= 0.3 is 0 Å². The van der Waals surface area contributed by atoms with Crippen LogP contribution in [0.4, 0.5) is 11.4 Å². The molecule has 2 aliphatic heterocycles. The number of amides is 1. The average molecular weight is 281 g/mol. The summed E-state index contributed by atoms with van der Waals surface area (Å²) in [5, 5.41) is 9.86. The fourth-order valence-electron chi connectivity index (χ4n) is 3.27. The Bertz CT molecular complexity index is 700. The molecule has 4 heteroatoms. The third-order valence-corrected chi connectivity index (χ3v) is 4.19. The van der Waals surface area contributed by atoms with Crippen LogP contribution in [0.15, 0.2) is 54.6 Å². The van der Waals surface area contributed by atoms with E-state index in [2.05, 4.69) is 0 Å². The number of carbonyl (C=O) groups is 1. The number of rotatable bonds is 1. The van der Waals surface area contributed by atoms with Crippen LogP contribution in [0.3, 0.4) is 0 Å². The summed E-state index contributed by atoms with van der Waals surface area (Å²) in [6, 6.07) is 17.2. The molecule has 1 spiro atoms. The van der Waals surface area contributed by atoms with E-state index in [1.807, 2.05) is 54.6 Å². The monoisotopic (exact) mass is 281 g/mol. The highest BCUT2D eigenvalue weighted by atomic mass is 16.5. The summed E-state index contributed by atoms with van der Waals surface area (Å²) in [7, 11) is 0. The van der Waals surface area contributed by atoms with Crippen molar-refractivity contribution in [3.8, 4) is 0 Å². The summed E-state index contributed by atoms with van der Waals surface area (Å²) >= 11 is 0. The van der Waals surface area contributed by atoms with Crippen molar-refractivity contribution in [3.05, 3.63) is 60.2 Å². The molecule has 1 N–H and O–H groups in total. The van der Waals surface area contributed by atoms with Gasteiger partial charge in [-0.1, -0.05) is 36.4 Å². The van der Waals surface area contributed by atoms with Gasteiger partial charge in [0, 0.05) is 17.7 Å². The van der Waals surface area contributed by atoms with E-state index in [-0.39, 0.29) is 12.5 Å². The van der Waals surface area contributed by atoms with E-state index in [1.54, 1.807) is 4.90 Å².